The fourth-order valence-electron chi connectivity index (χ4n) is 3.96. The summed E-state index contributed by atoms with van der Waals surface area (Å²) in [6, 6.07) is 10.1. The van der Waals surface area contributed by atoms with E-state index in [1.807, 2.05) is 0 Å². The molecule has 2 heterocycles. The number of alkyl halides is 3. The standard InChI is InChI=1S/C25H22F3N7O4S/c1-31-13-16(11-29)34-40(37,38)21-10-15(12-32-22(21)39-2)14-7-8-19-17(9-14)23(36)35(24(30)33-19)20-6-4-3-5-18(20)25(26,27)28/h3-13,29,31,34H,1-2H3,(H2,30,33)/p+1/b16-13+,29-11?. The molecule has 2 aromatic heterocycles. The molecule has 208 valence electrons. The Morgan fingerprint density at radius 2 is 1.90 bits per heavy atom. The van der Waals surface area contributed by atoms with E-state index in [4.69, 9.17) is 15.9 Å². The lowest BCUT2D eigenvalue weighted by Gasteiger charge is -2.16. The predicted molar refractivity (Wildman–Crippen MR) is 142 cm³/mol. The number of sulfonamides is 1. The smallest absolute Gasteiger partial charge is 0.418 e. The van der Waals surface area contributed by atoms with Crippen molar-refractivity contribution in [3.05, 3.63) is 82.5 Å². The minimum Gasteiger partial charge on any atom is -0.480 e. The van der Waals surface area contributed by atoms with Gasteiger partial charge in [-0.25, -0.2) is 23.0 Å². The number of nitrogen functional groups attached to an aromatic ring is 1. The number of aromatic nitrogens is 3. The molecule has 0 fully saturated rings. The Morgan fingerprint density at radius 3 is 2.55 bits per heavy atom. The van der Waals surface area contributed by atoms with Gasteiger partial charge in [0.05, 0.1) is 36.3 Å². The first kappa shape index (κ1) is 28.3. The van der Waals surface area contributed by atoms with Crippen molar-refractivity contribution in [1.29, 1.82) is 5.41 Å². The summed E-state index contributed by atoms with van der Waals surface area (Å²) in [6.45, 7) is 0. The van der Waals surface area contributed by atoms with Gasteiger partial charge in [-0.15, -0.1) is 0 Å². The number of methoxy groups -OCH3 is 1. The fourth-order valence-corrected chi connectivity index (χ4v) is 5.16. The van der Waals surface area contributed by atoms with Crippen LogP contribution in [0.1, 0.15) is 5.56 Å². The number of fused-ring (bicyclic) bond motifs is 1. The van der Waals surface area contributed by atoms with Crippen molar-refractivity contribution in [3.63, 3.8) is 0 Å². The number of nitrogens with one attached hydrogen (secondary N) is 2. The van der Waals surface area contributed by atoms with E-state index in [1.54, 1.807) is 12.4 Å². The summed E-state index contributed by atoms with van der Waals surface area (Å²) < 4.78 is 75.3. The van der Waals surface area contributed by atoms with Crippen LogP contribution in [-0.4, -0.2) is 43.3 Å². The minimum absolute atomic E-state index is 0.0102. The summed E-state index contributed by atoms with van der Waals surface area (Å²) in [6.07, 6.45) is -1.23. The van der Waals surface area contributed by atoms with Crippen LogP contribution in [0.15, 0.2) is 76.3 Å². The largest absolute Gasteiger partial charge is 0.480 e. The van der Waals surface area contributed by atoms with E-state index in [-0.39, 0.29) is 32.9 Å². The Hall–Kier alpha value is -4.76. The number of para-hydroxylation sites is 1. The number of quaternary nitrogens is 1. The molecule has 40 heavy (non-hydrogen) atoms. The first-order valence-corrected chi connectivity index (χ1v) is 13.0. The van der Waals surface area contributed by atoms with Gasteiger partial charge in [0.2, 0.25) is 11.8 Å². The van der Waals surface area contributed by atoms with Crippen LogP contribution in [0, 0.1) is 5.41 Å². The van der Waals surface area contributed by atoms with Gasteiger partial charge in [-0.3, -0.25) is 9.52 Å². The average molecular weight is 575 g/mol. The molecule has 4 rings (SSSR count). The molecule has 0 aliphatic rings. The molecule has 11 nitrogen and oxygen atoms in total. The molecule has 0 amide bonds. The molecule has 0 aliphatic carbocycles. The van der Waals surface area contributed by atoms with Crippen molar-refractivity contribution in [2.24, 2.45) is 0 Å². The number of anilines is 1. The first-order chi connectivity index (χ1) is 18.9. The lowest BCUT2D eigenvalue weighted by molar-refractivity contribution is -0.557. The summed E-state index contributed by atoms with van der Waals surface area (Å²) in [7, 11) is -1.37. The maximum atomic E-state index is 13.7. The molecule has 2 aromatic carbocycles. The van der Waals surface area contributed by atoms with Gasteiger partial charge >= 0.3 is 6.18 Å². The predicted octanol–water partition coefficient (Wildman–Crippen LogP) is 2.02. The highest BCUT2D eigenvalue weighted by molar-refractivity contribution is 7.89. The molecule has 0 spiro atoms. The quantitative estimate of drug-likeness (QED) is 0.233. The van der Waals surface area contributed by atoms with Crippen LogP contribution in [0.2, 0.25) is 0 Å². The zero-order valence-corrected chi connectivity index (χ0v) is 21.8. The van der Waals surface area contributed by atoms with Crippen molar-refractivity contribution >= 4 is 33.1 Å². The van der Waals surface area contributed by atoms with Crippen LogP contribution in [0.4, 0.5) is 19.1 Å². The van der Waals surface area contributed by atoms with E-state index in [2.05, 4.69) is 14.7 Å². The van der Waals surface area contributed by atoms with Crippen molar-refractivity contribution in [3.8, 4) is 22.7 Å². The van der Waals surface area contributed by atoms with E-state index in [0.29, 0.717) is 10.1 Å². The molecule has 6 N–H and O–H groups in total. The number of benzene rings is 2. The van der Waals surface area contributed by atoms with Gasteiger partial charge in [0, 0.05) is 18.0 Å². The maximum absolute atomic E-state index is 13.7. The van der Waals surface area contributed by atoms with Gasteiger partial charge in [0.15, 0.2) is 0 Å². The first-order valence-electron chi connectivity index (χ1n) is 11.5. The SMILES string of the molecule is C[NH2+]/C=C(\C=N)NS(=O)(=O)c1cc(-c2ccc3nc(N)n(-c4ccccc4C(F)(F)F)c(=O)c3c2)cnc1OC. The molecule has 0 unspecified atom stereocenters. The van der Waals surface area contributed by atoms with Crippen LogP contribution in [0.3, 0.4) is 0 Å². The third-order valence-corrected chi connectivity index (χ3v) is 7.11. The number of ether oxygens (including phenoxy) is 1. The summed E-state index contributed by atoms with van der Waals surface area (Å²) in [5, 5.41) is 8.91. The number of halogens is 3. The van der Waals surface area contributed by atoms with Crippen LogP contribution in [0.25, 0.3) is 27.7 Å². The molecular formula is C25H23F3N7O4S+. The lowest BCUT2D eigenvalue weighted by atomic mass is 10.1. The second kappa shape index (κ2) is 10.8. The van der Waals surface area contributed by atoms with Crippen molar-refractivity contribution in [2.75, 3.05) is 19.9 Å². The lowest BCUT2D eigenvalue weighted by Crippen LogP contribution is -2.73. The van der Waals surface area contributed by atoms with E-state index in [9.17, 15) is 26.4 Å². The van der Waals surface area contributed by atoms with Gasteiger partial charge in [-0.2, -0.15) is 13.2 Å². The van der Waals surface area contributed by atoms with Crippen molar-refractivity contribution in [1.82, 2.24) is 19.3 Å². The average Bonchev–Trinajstić information content (AvgIpc) is 2.92. The highest BCUT2D eigenvalue weighted by Crippen LogP contribution is 2.34. The van der Waals surface area contributed by atoms with Gasteiger partial charge in [-0.05, 0) is 35.9 Å². The van der Waals surface area contributed by atoms with E-state index >= 15 is 0 Å². The van der Waals surface area contributed by atoms with Crippen LogP contribution >= 0.6 is 0 Å². The molecule has 0 radical (unpaired) electrons. The summed E-state index contributed by atoms with van der Waals surface area (Å²) >= 11 is 0. The second-order valence-electron chi connectivity index (χ2n) is 8.29. The number of hydrogen-bond acceptors (Lipinski definition) is 8. The molecule has 0 atom stereocenters. The summed E-state index contributed by atoms with van der Waals surface area (Å²) in [5.41, 5.74) is 4.20. The molecule has 0 bridgehead atoms. The van der Waals surface area contributed by atoms with Gasteiger partial charge in [0.25, 0.3) is 15.6 Å². The highest BCUT2D eigenvalue weighted by atomic mass is 32.2. The Kier molecular flexibility index (Phi) is 7.61. The molecular weight excluding hydrogens is 551 g/mol. The fraction of sp³-hybridized carbons (Fsp3) is 0.120. The van der Waals surface area contributed by atoms with Crippen LogP contribution < -0.4 is 26.1 Å². The number of rotatable bonds is 8. The zero-order chi connectivity index (χ0) is 29.2. The Bertz CT molecular complexity index is 1820. The van der Waals surface area contributed by atoms with E-state index in [0.717, 1.165) is 18.3 Å². The maximum Gasteiger partial charge on any atom is 0.418 e. The van der Waals surface area contributed by atoms with Crippen molar-refractivity contribution in [2.45, 2.75) is 11.1 Å². The minimum atomic E-state index is -4.76. The number of pyridine rings is 1. The number of nitrogens with zero attached hydrogens (tertiary/aromatic N) is 3. The molecule has 4 aromatic rings. The highest BCUT2D eigenvalue weighted by Gasteiger charge is 2.34. The molecule has 0 saturated carbocycles. The third kappa shape index (κ3) is 5.37. The number of allylic oxidation sites excluding steroid dienone is 1. The number of nitrogens with two attached hydrogens (primary N) is 2. The molecule has 0 aliphatic heterocycles. The third-order valence-electron chi connectivity index (χ3n) is 5.73. The van der Waals surface area contributed by atoms with Crippen LogP contribution in [-0.2, 0) is 16.2 Å². The number of hydrogen-bond donors (Lipinski definition) is 4. The molecule has 15 heteroatoms. The van der Waals surface area contributed by atoms with Gasteiger partial charge < -0.3 is 21.2 Å². The Morgan fingerprint density at radius 1 is 1.18 bits per heavy atom. The normalized spacial score (nSPS) is 12.4. The van der Waals surface area contributed by atoms with Gasteiger partial charge in [-0.1, -0.05) is 18.2 Å². The zero-order valence-electron chi connectivity index (χ0n) is 21.0. The monoisotopic (exact) mass is 574 g/mol. The van der Waals surface area contributed by atoms with E-state index < -0.39 is 39.0 Å². The Balaban J connectivity index is 1.89. The second-order valence-corrected chi connectivity index (χ2v) is 9.94. The van der Waals surface area contributed by atoms with Crippen molar-refractivity contribution < 1.29 is 31.6 Å². The topological polar surface area (TPSA) is 170 Å². The Labute approximate surface area is 225 Å². The van der Waals surface area contributed by atoms with Crippen LogP contribution in [0.5, 0.6) is 5.88 Å². The van der Waals surface area contributed by atoms with E-state index in [1.165, 1.54) is 55.9 Å². The summed E-state index contributed by atoms with van der Waals surface area (Å²) in [5.74, 6) is -0.658. The summed E-state index contributed by atoms with van der Waals surface area (Å²) in [4.78, 5) is 21.3. The van der Waals surface area contributed by atoms with Gasteiger partial charge in [0.1, 0.15) is 16.8 Å². The molecule has 0 saturated heterocycles.